The summed E-state index contributed by atoms with van der Waals surface area (Å²) in [6, 6.07) is 31.9. The molecule has 0 heterocycles. The topological polar surface area (TPSA) is 142 Å². The molecule has 0 amide bonds. The van der Waals surface area contributed by atoms with Crippen molar-refractivity contribution >= 4 is 34.6 Å². The van der Waals surface area contributed by atoms with Crippen LogP contribution in [0.3, 0.4) is 0 Å². The van der Waals surface area contributed by atoms with E-state index in [2.05, 4.69) is 69.2 Å². The summed E-state index contributed by atoms with van der Waals surface area (Å²) in [6.45, 7) is 16.2. The fourth-order valence-corrected chi connectivity index (χ4v) is 7.41. The van der Waals surface area contributed by atoms with Gasteiger partial charge in [-0.1, -0.05) is 68.7 Å². The minimum atomic E-state index is -0.563. The Kier molecular flexibility index (Phi) is 29.1. The number of unbranched alkanes of at least 4 members (excludes halogenated alkanes) is 11. The third kappa shape index (κ3) is 24.8. The molecule has 0 saturated heterocycles. The van der Waals surface area contributed by atoms with Crippen LogP contribution in [-0.2, 0) is 23.8 Å². The highest BCUT2D eigenvalue weighted by Crippen LogP contribution is 2.27. The van der Waals surface area contributed by atoms with E-state index in [4.69, 9.17) is 37.9 Å². The summed E-state index contributed by atoms with van der Waals surface area (Å²) in [5.74, 6) is 7.06. The number of esters is 4. The van der Waals surface area contributed by atoms with Crippen LogP contribution >= 0.6 is 0 Å². The molecule has 0 saturated carbocycles. The van der Waals surface area contributed by atoms with Crippen molar-refractivity contribution in [2.45, 2.75) is 117 Å². The molecule has 0 fully saturated rings. The number of ether oxygens (including phenoxy) is 8. The van der Waals surface area contributed by atoms with Crippen LogP contribution in [0.25, 0.3) is 10.8 Å². The minimum absolute atomic E-state index is 0.213. The van der Waals surface area contributed by atoms with Gasteiger partial charge in [-0.3, -0.25) is 0 Å². The van der Waals surface area contributed by atoms with Gasteiger partial charge in [-0.25, -0.2) is 19.2 Å². The van der Waals surface area contributed by atoms with E-state index in [0.29, 0.717) is 63.3 Å². The second-order valence-electron chi connectivity index (χ2n) is 17.7. The first-order valence-electron chi connectivity index (χ1n) is 26.4. The summed E-state index contributed by atoms with van der Waals surface area (Å²) in [5, 5.41) is 2.45. The van der Waals surface area contributed by atoms with Gasteiger partial charge < -0.3 is 37.9 Å². The maximum atomic E-state index is 13.1. The van der Waals surface area contributed by atoms with Crippen molar-refractivity contribution in [3.63, 3.8) is 0 Å². The van der Waals surface area contributed by atoms with Crippen LogP contribution in [0.15, 0.2) is 128 Å². The van der Waals surface area contributed by atoms with Crippen LogP contribution in [-0.4, -0.2) is 70.1 Å². The van der Waals surface area contributed by atoms with E-state index >= 15 is 0 Å². The molecular formula is C63H76O12. The van der Waals surface area contributed by atoms with E-state index in [9.17, 15) is 19.2 Å². The molecule has 400 valence electrons. The van der Waals surface area contributed by atoms with E-state index in [1.807, 2.05) is 37.3 Å². The van der Waals surface area contributed by atoms with Crippen molar-refractivity contribution in [1.29, 1.82) is 0 Å². The van der Waals surface area contributed by atoms with Crippen molar-refractivity contribution in [2.24, 2.45) is 0 Å². The summed E-state index contributed by atoms with van der Waals surface area (Å²) in [7, 11) is 0. The van der Waals surface area contributed by atoms with E-state index in [1.165, 1.54) is 28.5 Å². The van der Waals surface area contributed by atoms with E-state index in [0.717, 1.165) is 119 Å². The van der Waals surface area contributed by atoms with Gasteiger partial charge in [0, 0.05) is 17.7 Å². The Hall–Kier alpha value is -7.52. The van der Waals surface area contributed by atoms with Gasteiger partial charge in [-0.2, -0.15) is 0 Å². The number of carbonyl (C=O) groups is 4. The molecule has 0 bridgehead atoms. The Bertz CT molecular complexity index is 2570. The second-order valence-corrected chi connectivity index (χ2v) is 17.7. The van der Waals surface area contributed by atoms with Crippen LogP contribution in [0, 0.1) is 18.8 Å². The molecule has 0 radical (unpaired) electrons. The zero-order chi connectivity index (χ0) is 53.7. The maximum absolute atomic E-state index is 13.1. The van der Waals surface area contributed by atoms with Gasteiger partial charge in [-0.15, -0.1) is 5.92 Å². The molecule has 0 aliphatic rings. The third-order valence-corrected chi connectivity index (χ3v) is 11.5. The van der Waals surface area contributed by atoms with Crippen molar-refractivity contribution in [1.82, 2.24) is 0 Å². The quantitative estimate of drug-likeness (QED) is 0.00966. The van der Waals surface area contributed by atoms with Gasteiger partial charge in [0.25, 0.3) is 0 Å². The predicted molar refractivity (Wildman–Crippen MR) is 295 cm³/mol. The van der Waals surface area contributed by atoms with Crippen LogP contribution in [0.1, 0.15) is 142 Å². The molecule has 0 aromatic heterocycles. The summed E-state index contributed by atoms with van der Waals surface area (Å²) >= 11 is 0. The highest BCUT2D eigenvalue weighted by molar-refractivity contribution is 5.94. The summed E-state index contributed by atoms with van der Waals surface area (Å²) < 4.78 is 44.5. The lowest BCUT2D eigenvalue weighted by atomic mass is 10.1. The molecular weight excluding hydrogens is 949 g/mol. The SMILES string of the molecule is C=CC(=O)OCCCCCCOc1ccc(C(=O)Oc2ccc(OCCCCCCOc3ccc(C#CC)cc3)c(C(=O)OCCCCC)c2)cc1.C=CC(=O)OCCCCCCOc1ccc2cc(C)ccc2c1. The molecule has 5 rings (SSSR count). The molecule has 5 aromatic rings. The summed E-state index contributed by atoms with van der Waals surface area (Å²) in [4.78, 5) is 47.9. The molecule has 5 aromatic carbocycles. The number of rotatable bonds is 34. The maximum Gasteiger partial charge on any atom is 0.343 e. The number of hydrogen-bond acceptors (Lipinski definition) is 12. The summed E-state index contributed by atoms with van der Waals surface area (Å²) in [6.07, 6.45) is 16.2. The van der Waals surface area contributed by atoms with Gasteiger partial charge in [0.2, 0.25) is 0 Å². The van der Waals surface area contributed by atoms with Crippen LogP contribution in [0.5, 0.6) is 28.7 Å². The predicted octanol–water partition coefficient (Wildman–Crippen LogP) is 14.1. The fraction of sp³-hybridized carbons (Fsp3) is 0.397. The van der Waals surface area contributed by atoms with Crippen molar-refractivity contribution in [2.75, 3.05) is 46.2 Å². The average molecular weight is 1030 g/mol. The fourth-order valence-electron chi connectivity index (χ4n) is 7.41. The average Bonchev–Trinajstić information content (AvgIpc) is 3.42. The Morgan fingerprint density at radius 3 is 1.49 bits per heavy atom. The second kappa shape index (κ2) is 36.4. The molecule has 0 aliphatic heterocycles. The lowest BCUT2D eigenvalue weighted by Gasteiger charge is -2.13. The van der Waals surface area contributed by atoms with Gasteiger partial charge in [-0.05, 0) is 187 Å². The standard InChI is InChI=1S/C43H52O9.C20H24O3/c1-4-7-12-32-51-43(46)39-33-38(26-27-40(39)49-30-15-10-8-13-28-47-36-22-18-34(17-5-2)19-23-36)52-42(45)35-20-24-37(25-21-35)48-29-14-9-11-16-31-50-41(44)6-3;1-3-20(21)23-13-7-5-4-6-12-22-19-11-10-17-14-16(2)8-9-18(17)15-19/h6,18-27,33H,3-4,7-16,28-32H2,1-2H3;3,8-11,14-15H,1,4-7,12-13H2,2H3. The van der Waals surface area contributed by atoms with Gasteiger partial charge in [0.05, 0.1) is 51.8 Å². The van der Waals surface area contributed by atoms with E-state index in [1.54, 1.807) is 36.4 Å². The van der Waals surface area contributed by atoms with Crippen LogP contribution in [0.4, 0.5) is 0 Å². The first-order chi connectivity index (χ1) is 36.6. The van der Waals surface area contributed by atoms with Crippen LogP contribution in [0.2, 0.25) is 0 Å². The van der Waals surface area contributed by atoms with Crippen molar-refractivity contribution in [3.05, 3.63) is 151 Å². The molecule has 0 N–H and O–H groups in total. The molecule has 12 nitrogen and oxygen atoms in total. The number of fused-ring (bicyclic) bond motifs is 1. The Labute approximate surface area is 444 Å². The zero-order valence-corrected chi connectivity index (χ0v) is 44.3. The van der Waals surface area contributed by atoms with E-state index < -0.39 is 17.9 Å². The minimum Gasteiger partial charge on any atom is -0.494 e. The summed E-state index contributed by atoms with van der Waals surface area (Å²) in [5.41, 5.74) is 2.79. The third-order valence-electron chi connectivity index (χ3n) is 11.5. The molecule has 0 unspecified atom stereocenters. The van der Waals surface area contributed by atoms with Crippen molar-refractivity contribution < 1.29 is 57.1 Å². The highest BCUT2D eigenvalue weighted by Gasteiger charge is 2.18. The lowest BCUT2D eigenvalue weighted by molar-refractivity contribution is -0.138. The Morgan fingerprint density at radius 1 is 0.467 bits per heavy atom. The first-order valence-corrected chi connectivity index (χ1v) is 26.4. The Balaban J connectivity index is 0.000000438. The molecule has 75 heavy (non-hydrogen) atoms. The normalized spacial score (nSPS) is 10.4. The van der Waals surface area contributed by atoms with Gasteiger partial charge in [0.15, 0.2) is 0 Å². The molecule has 0 spiro atoms. The number of hydrogen-bond donors (Lipinski definition) is 0. The van der Waals surface area contributed by atoms with E-state index in [-0.39, 0.29) is 17.3 Å². The van der Waals surface area contributed by atoms with Crippen LogP contribution < -0.4 is 23.7 Å². The first kappa shape index (κ1) is 60.0. The number of aryl methyl sites for hydroxylation is 1. The monoisotopic (exact) mass is 1020 g/mol. The van der Waals surface area contributed by atoms with Gasteiger partial charge in [0.1, 0.15) is 34.3 Å². The molecule has 0 aliphatic carbocycles. The smallest absolute Gasteiger partial charge is 0.343 e. The Morgan fingerprint density at radius 2 is 0.933 bits per heavy atom. The van der Waals surface area contributed by atoms with Gasteiger partial charge >= 0.3 is 23.9 Å². The highest BCUT2D eigenvalue weighted by atomic mass is 16.5. The lowest BCUT2D eigenvalue weighted by Crippen LogP contribution is -2.12. The zero-order valence-electron chi connectivity index (χ0n) is 44.3. The number of carbonyl (C=O) groups excluding carboxylic acids is 4. The number of benzene rings is 5. The molecule has 12 heteroatoms. The molecule has 0 atom stereocenters. The largest absolute Gasteiger partial charge is 0.494 e. The van der Waals surface area contributed by atoms with Crippen molar-refractivity contribution in [3.8, 4) is 40.6 Å².